The molecule has 1 atom stereocenters. The van der Waals surface area contributed by atoms with E-state index < -0.39 is 11.7 Å². The van der Waals surface area contributed by atoms with Crippen molar-refractivity contribution >= 4 is 22.5 Å². The van der Waals surface area contributed by atoms with Crippen LogP contribution in [0.4, 0.5) is 19.0 Å². The van der Waals surface area contributed by atoms with Gasteiger partial charge in [0.15, 0.2) is 0 Å². The van der Waals surface area contributed by atoms with Gasteiger partial charge in [-0.25, -0.2) is 4.98 Å². The number of ether oxygens (including phenoxy) is 1. The normalized spacial score (nSPS) is 17.2. The van der Waals surface area contributed by atoms with Gasteiger partial charge in [-0.15, -0.1) is 0 Å². The molecule has 3 aromatic heterocycles. The largest absolute Gasteiger partial charge is 0.491 e. The van der Waals surface area contributed by atoms with Gasteiger partial charge < -0.3 is 9.64 Å². The number of halogens is 3. The van der Waals surface area contributed by atoms with Crippen LogP contribution in [0.3, 0.4) is 0 Å². The summed E-state index contributed by atoms with van der Waals surface area (Å²) < 4.78 is 47.6. The average molecular weight is 414 g/mol. The second-order valence-electron chi connectivity index (χ2n) is 7.08. The fourth-order valence-corrected chi connectivity index (χ4v) is 3.95. The summed E-state index contributed by atoms with van der Waals surface area (Å²) >= 11 is 0. The highest BCUT2D eigenvalue weighted by Gasteiger charge is 2.33. The minimum atomic E-state index is -4.47. The van der Waals surface area contributed by atoms with Crippen LogP contribution >= 0.6 is 0 Å². The average Bonchev–Trinajstić information content (AvgIpc) is 3.40. The summed E-state index contributed by atoms with van der Waals surface area (Å²) in [6.07, 6.45) is 1.88. The first kappa shape index (κ1) is 18.6. The molecule has 1 aliphatic heterocycles. The van der Waals surface area contributed by atoms with E-state index in [-0.39, 0.29) is 11.6 Å². The first-order valence-corrected chi connectivity index (χ1v) is 9.51. The molecule has 5 rings (SSSR count). The Morgan fingerprint density at radius 3 is 2.80 bits per heavy atom. The minimum Gasteiger partial charge on any atom is -0.491 e. The van der Waals surface area contributed by atoms with Crippen molar-refractivity contribution in [3.63, 3.8) is 0 Å². The quantitative estimate of drug-likeness (QED) is 0.507. The Labute approximate surface area is 169 Å². The third-order valence-corrected chi connectivity index (χ3v) is 5.30. The van der Waals surface area contributed by atoms with E-state index in [0.29, 0.717) is 23.5 Å². The Hall–Kier alpha value is -3.43. The molecule has 1 saturated heterocycles. The van der Waals surface area contributed by atoms with Crippen LogP contribution in [0, 0.1) is 0 Å². The molecule has 1 aliphatic rings. The van der Waals surface area contributed by atoms with Crippen LogP contribution in [-0.4, -0.2) is 43.8 Å². The third kappa shape index (κ3) is 3.17. The van der Waals surface area contributed by atoms with E-state index in [4.69, 9.17) is 4.74 Å². The molecule has 1 aromatic carbocycles. The van der Waals surface area contributed by atoms with Crippen molar-refractivity contribution in [3.05, 3.63) is 54.6 Å². The lowest BCUT2D eigenvalue weighted by Crippen LogP contribution is -2.35. The van der Waals surface area contributed by atoms with Gasteiger partial charge in [0.2, 0.25) is 0 Å². The van der Waals surface area contributed by atoms with E-state index in [1.165, 1.54) is 18.6 Å². The van der Waals surface area contributed by atoms with Gasteiger partial charge in [-0.3, -0.25) is 4.98 Å². The molecule has 0 unspecified atom stereocenters. The van der Waals surface area contributed by atoms with Crippen molar-refractivity contribution in [2.24, 2.45) is 0 Å². The molecule has 0 spiro atoms. The van der Waals surface area contributed by atoms with E-state index in [2.05, 4.69) is 25.0 Å². The molecule has 0 bridgehead atoms. The van der Waals surface area contributed by atoms with Gasteiger partial charge in [-0.1, -0.05) is 6.07 Å². The van der Waals surface area contributed by atoms with Crippen LogP contribution < -0.4 is 9.64 Å². The number of anilines is 1. The molecule has 154 valence electrons. The van der Waals surface area contributed by atoms with Crippen molar-refractivity contribution in [1.82, 2.24) is 24.6 Å². The number of aromatic nitrogens is 5. The van der Waals surface area contributed by atoms with Crippen molar-refractivity contribution in [2.45, 2.75) is 25.1 Å². The summed E-state index contributed by atoms with van der Waals surface area (Å²) in [5.41, 5.74) is -0.873. The number of pyridine rings is 1. The maximum Gasteiger partial charge on any atom is 0.418 e. The van der Waals surface area contributed by atoms with Gasteiger partial charge in [0.05, 0.1) is 17.1 Å². The standard InChI is InChI=1S/C20H17F3N6O/c21-20(22,23)15-5-1-4-14-16(6-8-24-18(14)15)30-11-13-3-2-10-28(13)17-7-9-25-19-26-12-27-29(17)19/h1,4-9,12-13H,2-3,10-11H2/t13-/m1/s1. The highest BCUT2D eigenvalue weighted by Crippen LogP contribution is 2.36. The zero-order valence-electron chi connectivity index (χ0n) is 15.8. The third-order valence-electron chi connectivity index (χ3n) is 5.30. The lowest BCUT2D eigenvalue weighted by atomic mass is 10.1. The smallest absolute Gasteiger partial charge is 0.418 e. The fraction of sp³-hybridized carbons (Fsp3) is 0.300. The Balaban J connectivity index is 1.42. The van der Waals surface area contributed by atoms with Gasteiger partial charge in [0.25, 0.3) is 5.78 Å². The Morgan fingerprint density at radius 2 is 1.93 bits per heavy atom. The first-order valence-electron chi connectivity index (χ1n) is 9.51. The van der Waals surface area contributed by atoms with Gasteiger partial charge in [0.1, 0.15) is 24.5 Å². The fourth-order valence-electron chi connectivity index (χ4n) is 3.95. The molecule has 0 N–H and O–H groups in total. The van der Waals surface area contributed by atoms with Crippen LogP contribution in [0.25, 0.3) is 16.7 Å². The van der Waals surface area contributed by atoms with Crippen LogP contribution in [0.2, 0.25) is 0 Å². The SMILES string of the molecule is FC(F)(F)c1cccc2c(OC[C@H]3CCCN3c3ccnc4ncnn34)ccnc12. The number of alkyl halides is 3. The van der Waals surface area contributed by atoms with Gasteiger partial charge in [-0.05, 0) is 37.1 Å². The van der Waals surface area contributed by atoms with Gasteiger partial charge in [-0.2, -0.15) is 27.8 Å². The topological polar surface area (TPSA) is 68.4 Å². The zero-order valence-corrected chi connectivity index (χ0v) is 15.8. The number of fused-ring (bicyclic) bond motifs is 2. The van der Waals surface area contributed by atoms with Crippen molar-refractivity contribution in [1.29, 1.82) is 0 Å². The Kier molecular flexibility index (Phi) is 4.41. The van der Waals surface area contributed by atoms with E-state index in [1.54, 1.807) is 22.8 Å². The number of para-hydroxylation sites is 1. The first-order chi connectivity index (χ1) is 14.5. The number of nitrogens with zero attached hydrogens (tertiary/aromatic N) is 6. The summed E-state index contributed by atoms with van der Waals surface area (Å²) in [6.45, 7) is 1.15. The molecular formula is C20H17F3N6O. The molecule has 10 heteroatoms. The van der Waals surface area contributed by atoms with Crippen LogP contribution in [-0.2, 0) is 6.18 Å². The number of rotatable bonds is 4. The number of hydrogen-bond acceptors (Lipinski definition) is 6. The van der Waals surface area contributed by atoms with E-state index in [0.717, 1.165) is 31.3 Å². The number of benzene rings is 1. The van der Waals surface area contributed by atoms with Crippen LogP contribution in [0.1, 0.15) is 18.4 Å². The molecule has 0 amide bonds. The summed E-state index contributed by atoms with van der Waals surface area (Å²) in [5.74, 6) is 1.76. The molecule has 30 heavy (non-hydrogen) atoms. The van der Waals surface area contributed by atoms with Crippen molar-refractivity contribution < 1.29 is 17.9 Å². The molecule has 4 aromatic rings. The Bertz CT molecular complexity index is 1210. The lowest BCUT2D eigenvalue weighted by Gasteiger charge is -2.26. The second-order valence-corrected chi connectivity index (χ2v) is 7.08. The molecule has 0 aliphatic carbocycles. The predicted octanol–water partition coefficient (Wildman–Crippen LogP) is 3.74. The highest BCUT2D eigenvalue weighted by atomic mass is 19.4. The lowest BCUT2D eigenvalue weighted by molar-refractivity contribution is -0.136. The van der Waals surface area contributed by atoms with E-state index >= 15 is 0 Å². The molecular weight excluding hydrogens is 397 g/mol. The van der Waals surface area contributed by atoms with Gasteiger partial charge in [0, 0.05) is 24.3 Å². The predicted molar refractivity (Wildman–Crippen MR) is 103 cm³/mol. The minimum absolute atomic E-state index is 0.0498. The zero-order chi connectivity index (χ0) is 20.7. The Morgan fingerprint density at radius 1 is 1.07 bits per heavy atom. The second kappa shape index (κ2) is 7.12. The monoisotopic (exact) mass is 414 g/mol. The van der Waals surface area contributed by atoms with Crippen LogP contribution in [0.5, 0.6) is 5.75 Å². The molecule has 0 radical (unpaired) electrons. The molecule has 0 saturated carbocycles. The van der Waals surface area contributed by atoms with Crippen molar-refractivity contribution in [2.75, 3.05) is 18.1 Å². The van der Waals surface area contributed by atoms with Crippen LogP contribution in [0.15, 0.2) is 49.1 Å². The van der Waals surface area contributed by atoms with Gasteiger partial charge >= 0.3 is 6.18 Å². The molecule has 7 nitrogen and oxygen atoms in total. The maximum atomic E-state index is 13.3. The summed E-state index contributed by atoms with van der Waals surface area (Å²) in [7, 11) is 0. The van der Waals surface area contributed by atoms with Crippen molar-refractivity contribution in [3.8, 4) is 5.75 Å². The molecule has 4 heterocycles. The maximum absolute atomic E-state index is 13.3. The summed E-state index contributed by atoms with van der Waals surface area (Å²) in [4.78, 5) is 14.4. The summed E-state index contributed by atoms with van der Waals surface area (Å²) in [6, 6.07) is 7.53. The number of hydrogen-bond donors (Lipinski definition) is 0. The highest BCUT2D eigenvalue weighted by molar-refractivity contribution is 5.87. The molecule has 1 fully saturated rings. The summed E-state index contributed by atoms with van der Waals surface area (Å²) in [5, 5.41) is 4.58. The van der Waals surface area contributed by atoms with E-state index in [9.17, 15) is 13.2 Å². The van der Waals surface area contributed by atoms with E-state index in [1.807, 2.05) is 6.07 Å².